The minimum atomic E-state index is -0.0107. The summed E-state index contributed by atoms with van der Waals surface area (Å²) in [6, 6.07) is 7.71. The lowest BCUT2D eigenvalue weighted by Crippen LogP contribution is -2.30. The molecule has 1 aromatic heterocycles. The topological polar surface area (TPSA) is 46.3 Å². The summed E-state index contributed by atoms with van der Waals surface area (Å²) < 4.78 is 7.23. The Labute approximate surface area is 145 Å². The molecule has 21 heavy (non-hydrogen) atoms. The third-order valence-electron chi connectivity index (χ3n) is 3.65. The van der Waals surface area contributed by atoms with Crippen molar-refractivity contribution in [2.75, 3.05) is 6.54 Å². The molecule has 0 N–H and O–H groups in total. The first-order valence-corrected chi connectivity index (χ1v) is 8.62. The number of carbonyl (C=O) groups excluding carboxylic acids is 1. The fourth-order valence-corrected chi connectivity index (χ4v) is 3.57. The highest BCUT2D eigenvalue weighted by atomic mass is 127. The second-order valence-electron chi connectivity index (χ2n) is 5.15. The van der Waals surface area contributed by atoms with Crippen molar-refractivity contribution in [2.24, 2.45) is 0 Å². The lowest BCUT2D eigenvalue weighted by molar-refractivity contribution is 0.0713. The normalized spacial score (nSPS) is 18.2. The maximum atomic E-state index is 12.8. The van der Waals surface area contributed by atoms with Crippen LogP contribution >= 0.6 is 38.5 Å². The molecule has 110 valence electrons. The zero-order valence-corrected chi connectivity index (χ0v) is 15.2. The lowest BCUT2D eigenvalue weighted by Gasteiger charge is -2.23. The number of aryl methyl sites for hydroxylation is 1. The SMILES string of the molecule is Cc1cc(C2CCCN2C(=O)c2cc(I)ccc2Br)on1. The molecule has 1 fully saturated rings. The van der Waals surface area contributed by atoms with Gasteiger partial charge in [0.2, 0.25) is 0 Å². The zero-order chi connectivity index (χ0) is 15.0. The Morgan fingerprint density at radius 1 is 1.48 bits per heavy atom. The van der Waals surface area contributed by atoms with E-state index in [2.05, 4.69) is 43.7 Å². The molecule has 1 unspecified atom stereocenters. The van der Waals surface area contributed by atoms with Crippen LogP contribution in [0.25, 0.3) is 0 Å². The van der Waals surface area contributed by atoms with Crippen LogP contribution < -0.4 is 0 Å². The molecular formula is C15H14BrIN2O2. The van der Waals surface area contributed by atoms with Crippen molar-refractivity contribution in [3.8, 4) is 0 Å². The number of hydrogen-bond acceptors (Lipinski definition) is 3. The van der Waals surface area contributed by atoms with Gasteiger partial charge in [-0.2, -0.15) is 0 Å². The molecule has 0 radical (unpaired) electrons. The molecule has 0 aliphatic carbocycles. The smallest absolute Gasteiger partial charge is 0.255 e. The highest BCUT2D eigenvalue weighted by molar-refractivity contribution is 14.1. The largest absolute Gasteiger partial charge is 0.359 e. The summed E-state index contributed by atoms with van der Waals surface area (Å²) >= 11 is 5.69. The lowest BCUT2D eigenvalue weighted by atomic mass is 10.1. The van der Waals surface area contributed by atoms with Crippen LogP contribution in [0.1, 0.15) is 40.7 Å². The molecule has 1 aliphatic rings. The number of aromatic nitrogens is 1. The number of amides is 1. The summed E-state index contributed by atoms with van der Waals surface area (Å²) in [4.78, 5) is 14.7. The van der Waals surface area contributed by atoms with Gasteiger partial charge in [0.1, 0.15) is 0 Å². The predicted molar refractivity (Wildman–Crippen MR) is 91.1 cm³/mol. The van der Waals surface area contributed by atoms with E-state index in [1.165, 1.54) is 0 Å². The van der Waals surface area contributed by atoms with Crippen LogP contribution in [0.5, 0.6) is 0 Å². The molecule has 4 nitrogen and oxygen atoms in total. The van der Waals surface area contributed by atoms with Crippen molar-refractivity contribution < 1.29 is 9.32 Å². The standard InChI is InChI=1S/C15H14BrIN2O2/c1-9-7-14(21-18-9)13-3-2-6-19(13)15(20)11-8-10(17)4-5-12(11)16/h4-5,7-8,13H,2-3,6H2,1H3. The Balaban J connectivity index is 1.91. The molecule has 0 spiro atoms. The van der Waals surface area contributed by atoms with E-state index in [9.17, 15) is 4.79 Å². The van der Waals surface area contributed by atoms with E-state index >= 15 is 0 Å². The van der Waals surface area contributed by atoms with Crippen LogP contribution in [0.2, 0.25) is 0 Å². The van der Waals surface area contributed by atoms with E-state index in [0.717, 1.165) is 38.9 Å². The van der Waals surface area contributed by atoms with Crippen LogP contribution in [0.15, 0.2) is 33.3 Å². The van der Waals surface area contributed by atoms with Crippen molar-refractivity contribution in [3.05, 3.63) is 49.3 Å². The average molecular weight is 461 g/mol. The van der Waals surface area contributed by atoms with E-state index in [1.807, 2.05) is 36.1 Å². The minimum Gasteiger partial charge on any atom is -0.359 e. The maximum absolute atomic E-state index is 12.8. The van der Waals surface area contributed by atoms with Crippen molar-refractivity contribution in [2.45, 2.75) is 25.8 Å². The number of halogens is 2. The molecule has 1 atom stereocenters. The highest BCUT2D eigenvalue weighted by Gasteiger charge is 2.33. The van der Waals surface area contributed by atoms with Crippen molar-refractivity contribution >= 4 is 44.4 Å². The Kier molecular flexibility index (Phi) is 4.35. The van der Waals surface area contributed by atoms with Crippen LogP contribution in [-0.4, -0.2) is 22.5 Å². The van der Waals surface area contributed by atoms with Crippen LogP contribution in [-0.2, 0) is 0 Å². The first-order valence-electron chi connectivity index (χ1n) is 6.75. The van der Waals surface area contributed by atoms with E-state index in [-0.39, 0.29) is 11.9 Å². The summed E-state index contributed by atoms with van der Waals surface area (Å²) in [5, 5.41) is 3.94. The minimum absolute atomic E-state index is 0.0107. The molecule has 6 heteroatoms. The van der Waals surface area contributed by atoms with Crippen molar-refractivity contribution in [3.63, 3.8) is 0 Å². The molecule has 1 aliphatic heterocycles. The van der Waals surface area contributed by atoms with Gasteiger partial charge in [-0.25, -0.2) is 0 Å². The van der Waals surface area contributed by atoms with Crippen molar-refractivity contribution in [1.82, 2.24) is 10.1 Å². The molecule has 2 heterocycles. The van der Waals surface area contributed by atoms with Gasteiger partial charge in [0, 0.05) is 20.7 Å². The fraction of sp³-hybridized carbons (Fsp3) is 0.333. The second kappa shape index (κ2) is 6.08. The monoisotopic (exact) mass is 460 g/mol. The molecule has 1 aromatic carbocycles. The first-order chi connectivity index (χ1) is 10.1. The van der Waals surface area contributed by atoms with Gasteiger partial charge < -0.3 is 9.42 Å². The van der Waals surface area contributed by atoms with Crippen molar-refractivity contribution in [1.29, 1.82) is 0 Å². The van der Waals surface area contributed by atoms with Crippen LogP contribution in [0.4, 0.5) is 0 Å². The molecule has 1 saturated heterocycles. The molecule has 3 rings (SSSR count). The highest BCUT2D eigenvalue weighted by Crippen LogP contribution is 2.34. The Morgan fingerprint density at radius 2 is 2.29 bits per heavy atom. The van der Waals surface area contributed by atoms with Gasteiger partial charge >= 0.3 is 0 Å². The van der Waals surface area contributed by atoms with E-state index < -0.39 is 0 Å². The summed E-state index contributed by atoms with van der Waals surface area (Å²) in [5.41, 5.74) is 1.55. The van der Waals surface area contributed by atoms with E-state index in [4.69, 9.17) is 4.52 Å². The summed E-state index contributed by atoms with van der Waals surface area (Å²) in [7, 11) is 0. The average Bonchev–Trinajstić information content (AvgIpc) is 3.09. The van der Waals surface area contributed by atoms with E-state index in [0.29, 0.717) is 5.56 Å². The van der Waals surface area contributed by atoms with Gasteiger partial charge in [-0.3, -0.25) is 4.79 Å². The molecule has 2 aromatic rings. The number of likely N-dealkylation sites (tertiary alicyclic amines) is 1. The zero-order valence-electron chi connectivity index (χ0n) is 11.5. The molecular weight excluding hydrogens is 447 g/mol. The van der Waals surface area contributed by atoms with Crippen LogP contribution in [0.3, 0.4) is 0 Å². The van der Waals surface area contributed by atoms with Crippen LogP contribution in [0, 0.1) is 10.5 Å². The van der Waals surface area contributed by atoms with Gasteiger partial charge in [-0.05, 0) is 76.5 Å². The second-order valence-corrected chi connectivity index (χ2v) is 7.25. The fourth-order valence-electron chi connectivity index (χ4n) is 2.66. The summed E-state index contributed by atoms with van der Waals surface area (Å²) in [5.74, 6) is 0.817. The number of benzene rings is 1. The summed E-state index contributed by atoms with van der Waals surface area (Å²) in [6.45, 7) is 2.64. The molecule has 0 saturated carbocycles. The molecule has 1 amide bonds. The Hall–Kier alpha value is -0.890. The summed E-state index contributed by atoms with van der Waals surface area (Å²) in [6.07, 6.45) is 1.90. The van der Waals surface area contributed by atoms with Gasteiger partial charge in [0.05, 0.1) is 17.3 Å². The van der Waals surface area contributed by atoms with E-state index in [1.54, 1.807) is 0 Å². The van der Waals surface area contributed by atoms with Gasteiger partial charge in [-0.15, -0.1) is 0 Å². The number of rotatable bonds is 2. The van der Waals surface area contributed by atoms with Gasteiger partial charge in [0.25, 0.3) is 5.91 Å². The van der Waals surface area contributed by atoms with Gasteiger partial charge in [-0.1, -0.05) is 5.16 Å². The number of carbonyl (C=O) groups is 1. The van der Waals surface area contributed by atoms with Gasteiger partial charge in [0.15, 0.2) is 5.76 Å². The Bertz CT molecular complexity index is 686. The third kappa shape index (κ3) is 3.01. The number of hydrogen-bond donors (Lipinski definition) is 0. The third-order valence-corrected chi connectivity index (χ3v) is 5.01. The quantitative estimate of drug-likeness (QED) is 0.626. The first kappa shape index (κ1) is 15.0. The predicted octanol–water partition coefficient (Wildman–Crippen LogP) is 4.33. The maximum Gasteiger partial charge on any atom is 0.255 e. The number of nitrogens with zero attached hydrogens (tertiary/aromatic N) is 2. The molecule has 0 bridgehead atoms. The Morgan fingerprint density at radius 3 is 3.00 bits per heavy atom.